The van der Waals surface area contributed by atoms with Gasteiger partial charge in [0, 0.05) is 42.1 Å². The lowest BCUT2D eigenvalue weighted by Gasteiger charge is -2.13. The van der Waals surface area contributed by atoms with Crippen molar-refractivity contribution in [3.63, 3.8) is 0 Å². The van der Waals surface area contributed by atoms with Crippen LogP contribution in [-0.4, -0.2) is 30.3 Å². The van der Waals surface area contributed by atoms with Gasteiger partial charge in [0.2, 0.25) is 0 Å². The molecule has 28 heavy (non-hydrogen) atoms. The quantitative estimate of drug-likeness (QED) is 0.429. The second-order valence-corrected chi connectivity index (χ2v) is 6.24. The normalized spacial score (nSPS) is 10.8. The molecule has 7 heteroatoms. The molecule has 1 aromatic heterocycles. The topological polar surface area (TPSA) is 97.5 Å². The smallest absolute Gasteiger partial charge is 0.154 e. The lowest BCUT2D eigenvalue weighted by atomic mass is 10.1. The van der Waals surface area contributed by atoms with E-state index in [2.05, 4.69) is 25.6 Å². The third-order valence-electron chi connectivity index (χ3n) is 4.14. The fourth-order valence-corrected chi connectivity index (χ4v) is 2.66. The third kappa shape index (κ3) is 4.76. The van der Waals surface area contributed by atoms with Crippen LogP contribution in [0.2, 0.25) is 0 Å². The number of nitrogen functional groups attached to an aromatic ring is 1. The van der Waals surface area contributed by atoms with Crippen molar-refractivity contribution in [1.82, 2.24) is 9.97 Å². The second-order valence-electron chi connectivity index (χ2n) is 6.24. The van der Waals surface area contributed by atoms with Gasteiger partial charge in [0.15, 0.2) is 5.82 Å². The molecule has 0 aliphatic heterocycles. The predicted molar refractivity (Wildman–Crippen MR) is 115 cm³/mol. The van der Waals surface area contributed by atoms with E-state index in [0.717, 1.165) is 34.1 Å². The molecule has 0 aliphatic carbocycles. The van der Waals surface area contributed by atoms with Gasteiger partial charge in [-0.15, -0.1) is 0 Å². The molecule has 2 aromatic carbocycles. The van der Waals surface area contributed by atoms with Crippen molar-refractivity contribution in [2.45, 2.75) is 13.5 Å². The molecule has 0 bridgehead atoms. The van der Waals surface area contributed by atoms with E-state index in [1.807, 2.05) is 49.4 Å². The Kier molecular flexibility index (Phi) is 6.06. The standard InChI is InChI=1S/C21H24N6O/c1-14-11-25-20(13-24-17-6-9-19(22)15(10-17)12-23-2)21(26-14)27-16-4-7-18(28-3)8-5-16/h4-12,24H,13,22H2,1-3H3,(H,26,27). The fraction of sp³-hybridized carbons (Fsp3) is 0.190. The Morgan fingerprint density at radius 3 is 2.61 bits per heavy atom. The minimum absolute atomic E-state index is 0.512. The van der Waals surface area contributed by atoms with Crippen LogP contribution >= 0.6 is 0 Å². The van der Waals surface area contributed by atoms with Crippen LogP contribution in [0.25, 0.3) is 0 Å². The Bertz CT molecular complexity index is 969. The number of aromatic nitrogens is 2. The first-order valence-corrected chi connectivity index (χ1v) is 8.88. The molecule has 0 fully saturated rings. The Balaban J connectivity index is 1.77. The van der Waals surface area contributed by atoms with Gasteiger partial charge in [0.25, 0.3) is 0 Å². The van der Waals surface area contributed by atoms with E-state index in [0.29, 0.717) is 18.1 Å². The van der Waals surface area contributed by atoms with Gasteiger partial charge in [-0.05, 0) is 49.4 Å². The van der Waals surface area contributed by atoms with Crippen LogP contribution < -0.4 is 21.1 Å². The van der Waals surface area contributed by atoms with E-state index in [1.54, 1.807) is 26.6 Å². The molecule has 3 aromatic rings. The van der Waals surface area contributed by atoms with Gasteiger partial charge in [-0.1, -0.05) is 0 Å². The molecule has 0 spiro atoms. The van der Waals surface area contributed by atoms with Crippen molar-refractivity contribution >= 4 is 29.1 Å². The van der Waals surface area contributed by atoms with Crippen LogP contribution in [0.15, 0.2) is 53.7 Å². The first-order chi connectivity index (χ1) is 13.6. The maximum atomic E-state index is 5.97. The zero-order chi connectivity index (χ0) is 19.9. The second kappa shape index (κ2) is 8.85. The average molecular weight is 376 g/mol. The van der Waals surface area contributed by atoms with Gasteiger partial charge in [0.05, 0.1) is 19.3 Å². The largest absolute Gasteiger partial charge is 0.497 e. The summed E-state index contributed by atoms with van der Waals surface area (Å²) >= 11 is 0. The van der Waals surface area contributed by atoms with E-state index in [9.17, 15) is 0 Å². The summed E-state index contributed by atoms with van der Waals surface area (Å²) in [5.41, 5.74) is 11.0. The van der Waals surface area contributed by atoms with E-state index in [-0.39, 0.29) is 0 Å². The van der Waals surface area contributed by atoms with Crippen LogP contribution in [0.4, 0.5) is 22.9 Å². The molecule has 0 saturated carbocycles. The van der Waals surface area contributed by atoms with Gasteiger partial charge in [0.1, 0.15) is 11.4 Å². The molecule has 144 valence electrons. The highest BCUT2D eigenvalue weighted by atomic mass is 16.5. The van der Waals surface area contributed by atoms with Crippen LogP contribution in [0.3, 0.4) is 0 Å². The summed E-state index contributed by atoms with van der Waals surface area (Å²) in [5.74, 6) is 1.51. The molecule has 0 atom stereocenters. The van der Waals surface area contributed by atoms with Crippen molar-refractivity contribution in [3.05, 3.63) is 65.6 Å². The summed E-state index contributed by atoms with van der Waals surface area (Å²) in [6.07, 6.45) is 3.50. The zero-order valence-electron chi connectivity index (χ0n) is 16.2. The number of anilines is 4. The molecular weight excluding hydrogens is 352 g/mol. The first kappa shape index (κ1) is 19.2. The molecular formula is C21H24N6O. The Hall–Kier alpha value is -3.61. The molecule has 0 amide bonds. The minimum atomic E-state index is 0.512. The van der Waals surface area contributed by atoms with E-state index >= 15 is 0 Å². The summed E-state index contributed by atoms with van der Waals surface area (Å²) in [6.45, 7) is 2.43. The number of aryl methyl sites for hydroxylation is 1. The summed E-state index contributed by atoms with van der Waals surface area (Å²) in [7, 11) is 3.37. The highest BCUT2D eigenvalue weighted by Crippen LogP contribution is 2.22. The van der Waals surface area contributed by atoms with Crippen molar-refractivity contribution < 1.29 is 4.74 Å². The number of hydrogen-bond acceptors (Lipinski definition) is 7. The van der Waals surface area contributed by atoms with E-state index in [1.165, 1.54) is 0 Å². The zero-order valence-corrected chi connectivity index (χ0v) is 16.2. The fourth-order valence-electron chi connectivity index (χ4n) is 2.66. The lowest BCUT2D eigenvalue weighted by molar-refractivity contribution is 0.415. The van der Waals surface area contributed by atoms with Crippen LogP contribution in [0.1, 0.15) is 17.0 Å². The molecule has 0 saturated heterocycles. The van der Waals surface area contributed by atoms with Crippen molar-refractivity contribution in [2.24, 2.45) is 4.99 Å². The number of nitrogens with one attached hydrogen (secondary N) is 2. The number of benzene rings is 2. The molecule has 7 nitrogen and oxygen atoms in total. The number of nitrogens with zero attached hydrogens (tertiary/aromatic N) is 3. The monoisotopic (exact) mass is 376 g/mol. The molecule has 0 radical (unpaired) electrons. The van der Waals surface area contributed by atoms with Gasteiger partial charge < -0.3 is 21.1 Å². The van der Waals surface area contributed by atoms with Crippen LogP contribution in [-0.2, 0) is 6.54 Å². The number of aliphatic imine (C=N–C) groups is 1. The molecule has 4 N–H and O–H groups in total. The van der Waals surface area contributed by atoms with Crippen molar-refractivity contribution in [1.29, 1.82) is 0 Å². The van der Waals surface area contributed by atoms with Crippen molar-refractivity contribution in [3.8, 4) is 5.75 Å². The summed E-state index contributed by atoms with van der Waals surface area (Å²) in [5, 5.41) is 6.70. The molecule has 0 aliphatic rings. The van der Waals surface area contributed by atoms with E-state index in [4.69, 9.17) is 10.5 Å². The van der Waals surface area contributed by atoms with Crippen molar-refractivity contribution in [2.75, 3.05) is 30.5 Å². The molecule has 0 unspecified atom stereocenters. The van der Waals surface area contributed by atoms with E-state index < -0.39 is 0 Å². The van der Waals surface area contributed by atoms with Crippen LogP contribution in [0, 0.1) is 6.92 Å². The minimum Gasteiger partial charge on any atom is -0.497 e. The molecule has 1 heterocycles. The Morgan fingerprint density at radius 2 is 1.89 bits per heavy atom. The number of rotatable bonds is 7. The van der Waals surface area contributed by atoms with Gasteiger partial charge in [-0.25, -0.2) is 4.98 Å². The average Bonchev–Trinajstić information content (AvgIpc) is 2.70. The highest BCUT2D eigenvalue weighted by Gasteiger charge is 2.08. The number of ether oxygens (including phenoxy) is 1. The Morgan fingerprint density at radius 1 is 1.14 bits per heavy atom. The maximum Gasteiger partial charge on any atom is 0.154 e. The van der Waals surface area contributed by atoms with Gasteiger partial charge in [-0.3, -0.25) is 9.98 Å². The highest BCUT2D eigenvalue weighted by molar-refractivity contribution is 5.88. The summed E-state index contributed by atoms with van der Waals surface area (Å²) < 4.78 is 5.20. The summed E-state index contributed by atoms with van der Waals surface area (Å²) in [6, 6.07) is 13.4. The lowest BCUT2D eigenvalue weighted by Crippen LogP contribution is -2.08. The SMILES string of the molecule is CN=Cc1cc(NCc2ncc(C)nc2Nc2ccc(OC)cc2)ccc1N. The van der Waals surface area contributed by atoms with Gasteiger partial charge >= 0.3 is 0 Å². The summed E-state index contributed by atoms with van der Waals surface area (Å²) in [4.78, 5) is 13.2. The Labute approximate surface area is 164 Å². The van der Waals surface area contributed by atoms with Gasteiger partial charge in [-0.2, -0.15) is 0 Å². The number of methoxy groups -OCH3 is 1. The third-order valence-corrected chi connectivity index (χ3v) is 4.14. The number of hydrogen-bond donors (Lipinski definition) is 3. The first-order valence-electron chi connectivity index (χ1n) is 8.88. The van der Waals surface area contributed by atoms with Crippen LogP contribution in [0.5, 0.6) is 5.75 Å². The predicted octanol–water partition coefficient (Wildman–Crippen LogP) is 3.78. The number of nitrogens with two attached hydrogens (primary N) is 1. The molecule has 3 rings (SSSR count). The maximum absolute atomic E-state index is 5.97.